The summed E-state index contributed by atoms with van der Waals surface area (Å²) in [4.78, 5) is 2.52. The second-order valence-corrected chi connectivity index (χ2v) is 3.09. The fourth-order valence-electron chi connectivity index (χ4n) is 1.38. The van der Waals surface area contributed by atoms with Crippen LogP contribution in [-0.2, 0) is 0 Å². The lowest BCUT2D eigenvalue weighted by Gasteiger charge is -2.38. The molecule has 1 unspecified atom stereocenters. The van der Waals surface area contributed by atoms with Crippen molar-refractivity contribution < 1.29 is 0 Å². The summed E-state index contributed by atoms with van der Waals surface area (Å²) in [7, 11) is 0. The van der Waals surface area contributed by atoms with Gasteiger partial charge in [-0.15, -0.1) is 0 Å². The Morgan fingerprint density at radius 1 is 1.44 bits per heavy atom. The second kappa shape index (κ2) is 2.27. The fourth-order valence-corrected chi connectivity index (χ4v) is 1.38. The molecule has 2 nitrogen and oxygen atoms in total. The van der Waals surface area contributed by atoms with Crippen molar-refractivity contribution >= 4 is 0 Å². The average molecular weight is 126 g/mol. The highest BCUT2D eigenvalue weighted by atomic mass is 15.2. The molecule has 0 bridgehead atoms. The smallest absolute Gasteiger partial charge is 0.0207 e. The minimum Gasteiger partial charge on any atom is -0.313 e. The van der Waals surface area contributed by atoms with Crippen LogP contribution in [0.25, 0.3) is 0 Å². The van der Waals surface area contributed by atoms with E-state index < -0.39 is 0 Å². The first-order valence-electron chi connectivity index (χ1n) is 3.91. The minimum absolute atomic E-state index is 0.838. The van der Waals surface area contributed by atoms with Gasteiger partial charge in [-0.1, -0.05) is 0 Å². The van der Waals surface area contributed by atoms with Crippen LogP contribution in [0.2, 0.25) is 0 Å². The molecule has 2 rings (SSSR count). The summed E-state index contributed by atoms with van der Waals surface area (Å²) in [6, 6.07) is 0.838. The standard InChI is InChI=1S/C7H14N2/c1-4-9(5-1)6-7-2-3-8-7/h7-8H,1-6H2. The van der Waals surface area contributed by atoms with Crippen molar-refractivity contribution in [3.8, 4) is 0 Å². The van der Waals surface area contributed by atoms with E-state index in [-0.39, 0.29) is 0 Å². The molecule has 9 heavy (non-hydrogen) atoms. The molecule has 1 N–H and O–H groups in total. The predicted molar refractivity (Wildman–Crippen MR) is 37.5 cm³/mol. The molecule has 2 saturated heterocycles. The van der Waals surface area contributed by atoms with Gasteiger partial charge < -0.3 is 10.2 Å². The summed E-state index contributed by atoms with van der Waals surface area (Å²) in [6.07, 6.45) is 2.82. The van der Waals surface area contributed by atoms with E-state index in [0.29, 0.717) is 0 Å². The molecule has 2 aliphatic heterocycles. The highest BCUT2D eigenvalue weighted by molar-refractivity contribution is 4.83. The number of hydrogen-bond acceptors (Lipinski definition) is 2. The van der Waals surface area contributed by atoms with Crippen LogP contribution in [0.5, 0.6) is 0 Å². The van der Waals surface area contributed by atoms with Gasteiger partial charge in [0.05, 0.1) is 0 Å². The highest BCUT2D eigenvalue weighted by Gasteiger charge is 2.22. The first kappa shape index (κ1) is 5.69. The van der Waals surface area contributed by atoms with Crippen molar-refractivity contribution in [2.45, 2.75) is 18.9 Å². The summed E-state index contributed by atoms with van der Waals surface area (Å²) in [5, 5.41) is 3.40. The quantitative estimate of drug-likeness (QED) is 0.562. The van der Waals surface area contributed by atoms with Crippen LogP contribution >= 0.6 is 0 Å². The van der Waals surface area contributed by atoms with Gasteiger partial charge in [0, 0.05) is 12.6 Å². The Balaban J connectivity index is 1.64. The second-order valence-electron chi connectivity index (χ2n) is 3.09. The Kier molecular flexibility index (Phi) is 1.44. The van der Waals surface area contributed by atoms with Crippen molar-refractivity contribution in [2.24, 2.45) is 0 Å². The molecule has 2 heterocycles. The van der Waals surface area contributed by atoms with Crippen LogP contribution in [-0.4, -0.2) is 37.1 Å². The van der Waals surface area contributed by atoms with Crippen molar-refractivity contribution in [1.29, 1.82) is 0 Å². The van der Waals surface area contributed by atoms with Crippen molar-refractivity contribution in [3.05, 3.63) is 0 Å². The maximum atomic E-state index is 3.40. The minimum atomic E-state index is 0.838. The van der Waals surface area contributed by atoms with Gasteiger partial charge in [-0.05, 0) is 32.5 Å². The number of hydrogen-bond donors (Lipinski definition) is 1. The third-order valence-electron chi connectivity index (χ3n) is 2.35. The zero-order valence-electron chi connectivity index (χ0n) is 5.77. The molecule has 2 aliphatic rings. The van der Waals surface area contributed by atoms with Crippen LogP contribution in [0.15, 0.2) is 0 Å². The largest absolute Gasteiger partial charge is 0.313 e. The van der Waals surface area contributed by atoms with Gasteiger partial charge in [0.1, 0.15) is 0 Å². The Labute approximate surface area is 56.2 Å². The van der Waals surface area contributed by atoms with E-state index in [1.54, 1.807) is 0 Å². The van der Waals surface area contributed by atoms with Crippen LogP contribution in [0.3, 0.4) is 0 Å². The first-order chi connectivity index (χ1) is 4.45. The van der Waals surface area contributed by atoms with Gasteiger partial charge in [0.15, 0.2) is 0 Å². The molecule has 0 aromatic heterocycles. The van der Waals surface area contributed by atoms with Gasteiger partial charge >= 0.3 is 0 Å². The van der Waals surface area contributed by atoms with Crippen LogP contribution in [0.1, 0.15) is 12.8 Å². The molecule has 2 heteroatoms. The van der Waals surface area contributed by atoms with Crippen LogP contribution in [0, 0.1) is 0 Å². The lowest BCUT2D eigenvalue weighted by Crippen LogP contribution is -2.53. The lowest BCUT2D eigenvalue weighted by molar-refractivity contribution is 0.142. The number of nitrogens with zero attached hydrogens (tertiary/aromatic N) is 1. The van der Waals surface area contributed by atoms with Crippen LogP contribution < -0.4 is 5.32 Å². The Hall–Kier alpha value is -0.0800. The van der Waals surface area contributed by atoms with Gasteiger partial charge in [0.2, 0.25) is 0 Å². The summed E-state index contributed by atoms with van der Waals surface area (Å²) in [6.45, 7) is 5.24. The first-order valence-corrected chi connectivity index (χ1v) is 3.91. The number of nitrogens with one attached hydrogen (secondary N) is 1. The summed E-state index contributed by atoms with van der Waals surface area (Å²) in [5.74, 6) is 0. The van der Waals surface area contributed by atoms with E-state index in [9.17, 15) is 0 Å². The van der Waals surface area contributed by atoms with E-state index in [1.165, 1.54) is 39.0 Å². The normalized spacial score (nSPS) is 35.3. The maximum absolute atomic E-state index is 3.40. The molecule has 0 aromatic rings. The van der Waals surface area contributed by atoms with Gasteiger partial charge in [-0.3, -0.25) is 0 Å². The van der Waals surface area contributed by atoms with E-state index in [0.717, 1.165) is 6.04 Å². The van der Waals surface area contributed by atoms with Crippen molar-refractivity contribution in [3.63, 3.8) is 0 Å². The van der Waals surface area contributed by atoms with Crippen LogP contribution in [0.4, 0.5) is 0 Å². The Morgan fingerprint density at radius 3 is 2.56 bits per heavy atom. The third-order valence-corrected chi connectivity index (χ3v) is 2.35. The SMILES string of the molecule is C1CN(CC2CCN2)C1. The molecule has 2 fully saturated rings. The molecule has 0 saturated carbocycles. The maximum Gasteiger partial charge on any atom is 0.0207 e. The molecule has 1 atom stereocenters. The summed E-state index contributed by atoms with van der Waals surface area (Å²) < 4.78 is 0. The topological polar surface area (TPSA) is 15.3 Å². The van der Waals surface area contributed by atoms with Crippen molar-refractivity contribution in [1.82, 2.24) is 10.2 Å². The Morgan fingerprint density at radius 2 is 2.22 bits per heavy atom. The predicted octanol–water partition coefficient (Wildman–Crippen LogP) is 0.0540. The van der Waals surface area contributed by atoms with E-state index >= 15 is 0 Å². The molecular formula is C7H14N2. The van der Waals surface area contributed by atoms with E-state index in [1.807, 2.05) is 0 Å². The molecule has 0 spiro atoms. The molecular weight excluding hydrogens is 112 g/mol. The highest BCUT2D eigenvalue weighted by Crippen LogP contribution is 2.10. The molecule has 0 amide bonds. The zero-order valence-corrected chi connectivity index (χ0v) is 5.77. The van der Waals surface area contributed by atoms with Gasteiger partial charge in [0.25, 0.3) is 0 Å². The Bertz CT molecular complexity index is 83.1. The van der Waals surface area contributed by atoms with Gasteiger partial charge in [-0.25, -0.2) is 0 Å². The monoisotopic (exact) mass is 126 g/mol. The molecule has 52 valence electrons. The molecule has 0 aromatic carbocycles. The fraction of sp³-hybridized carbons (Fsp3) is 1.00. The molecule has 0 radical (unpaired) electrons. The zero-order chi connectivity index (χ0) is 6.10. The van der Waals surface area contributed by atoms with Crippen molar-refractivity contribution in [2.75, 3.05) is 26.2 Å². The molecule has 0 aliphatic carbocycles. The summed E-state index contributed by atoms with van der Waals surface area (Å²) >= 11 is 0. The van der Waals surface area contributed by atoms with E-state index in [4.69, 9.17) is 0 Å². The van der Waals surface area contributed by atoms with Gasteiger partial charge in [-0.2, -0.15) is 0 Å². The third kappa shape index (κ3) is 1.10. The summed E-state index contributed by atoms with van der Waals surface area (Å²) in [5.41, 5.74) is 0. The lowest BCUT2D eigenvalue weighted by atomic mass is 10.1. The number of likely N-dealkylation sites (tertiary alicyclic amines) is 1. The number of rotatable bonds is 2. The van der Waals surface area contributed by atoms with E-state index in [2.05, 4.69) is 10.2 Å². The average Bonchev–Trinajstić information content (AvgIpc) is 1.57.